The molecule has 0 unspecified atom stereocenters. The number of rotatable bonds is 8. The first-order chi connectivity index (χ1) is 15.6. The zero-order valence-corrected chi connectivity index (χ0v) is 18.0. The van der Waals surface area contributed by atoms with Crippen LogP contribution in [0, 0.1) is 0 Å². The number of ether oxygens (including phenoxy) is 2. The molecule has 0 radical (unpaired) electrons. The lowest BCUT2D eigenvalue weighted by Gasteiger charge is -2.14. The Morgan fingerprint density at radius 2 is 1.64 bits per heavy atom. The molecule has 0 bridgehead atoms. The van der Waals surface area contributed by atoms with Gasteiger partial charge in [-0.25, -0.2) is 8.42 Å². The molecule has 0 saturated heterocycles. The van der Waals surface area contributed by atoms with Gasteiger partial charge in [0.15, 0.2) is 0 Å². The van der Waals surface area contributed by atoms with Gasteiger partial charge < -0.3 is 14.8 Å². The first-order valence-electron chi connectivity index (χ1n) is 9.46. The van der Waals surface area contributed by atoms with Crippen molar-refractivity contribution in [2.75, 3.05) is 11.8 Å². The molecule has 0 aromatic heterocycles. The zero-order chi connectivity index (χ0) is 24.1. The summed E-state index contributed by atoms with van der Waals surface area (Å²) in [6, 6.07) is 16.8. The van der Waals surface area contributed by atoms with Crippen LogP contribution in [0.5, 0.6) is 11.5 Å². The second kappa shape index (κ2) is 9.82. The Morgan fingerprint density at radius 3 is 2.30 bits per heavy atom. The van der Waals surface area contributed by atoms with Gasteiger partial charge in [-0.05, 0) is 42.0 Å². The molecule has 0 fully saturated rings. The highest BCUT2D eigenvalue weighted by molar-refractivity contribution is 7.92. The largest absolute Gasteiger partial charge is 0.573 e. The Balaban J connectivity index is 1.76. The summed E-state index contributed by atoms with van der Waals surface area (Å²) in [4.78, 5) is 12.2. The minimum absolute atomic E-state index is 0.0353. The van der Waals surface area contributed by atoms with Crippen LogP contribution in [0.4, 0.5) is 18.9 Å². The van der Waals surface area contributed by atoms with Crippen LogP contribution in [0.1, 0.15) is 15.9 Å². The Labute approximate surface area is 188 Å². The van der Waals surface area contributed by atoms with E-state index in [1.807, 2.05) is 0 Å². The summed E-state index contributed by atoms with van der Waals surface area (Å²) >= 11 is 0. The molecule has 7 nitrogen and oxygen atoms in total. The van der Waals surface area contributed by atoms with E-state index < -0.39 is 32.9 Å². The fourth-order valence-electron chi connectivity index (χ4n) is 2.83. The van der Waals surface area contributed by atoms with Gasteiger partial charge in [0, 0.05) is 12.6 Å². The van der Waals surface area contributed by atoms with Gasteiger partial charge in [0.2, 0.25) is 0 Å². The number of sulfonamides is 1. The Morgan fingerprint density at radius 1 is 0.939 bits per heavy atom. The second-order valence-corrected chi connectivity index (χ2v) is 8.39. The Hall–Kier alpha value is -3.73. The van der Waals surface area contributed by atoms with Crippen molar-refractivity contribution in [3.63, 3.8) is 0 Å². The molecule has 1 amide bonds. The third-order valence-electron chi connectivity index (χ3n) is 4.38. The summed E-state index contributed by atoms with van der Waals surface area (Å²) in [5.41, 5.74) is 0.799. The molecular weight excluding hydrogens is 461 g/mol. The average molecular weight is 480 g/mol. The Bertz CT molecular complexity index is 1230. The van der Waals surface area contributed by atoms with E-state index in [4.69, 9.17) is 4.74 Å². The van der Waals surface area contributed by atoms with Crippen LogP contribution in [-0.2, 0) is 16.6 Å². The zero-order valence-electron chi connectivity index (χ0n) is 17.2. The van der Waals surface area contributed by atoms with E-state index in [9.17, 15) is 26.4 Å². The van der Waals surface area contributed by atoms with Gasteiger partial charge in [0.1, 0.15) is 11.5 Å². The minimum atomic E-state index is -4.97. The maximum absolute atomic E-state index is 12.7. The molecule has 0 heterocycles. The quantitative estimate of drug-likeness (QED) is 0.501. The fraction of sp³-hybridized carbons (Fsp3) is 0.136. The van der Waals surface area contributed by atoms with Crippen molar-refractivity contribution in [1.29, 1.82) is 0 Å². The van der Waals surface area contributed by atoms with E-state index in [0.29, 0.717) is 5.75 Å². The van der Waals surface area contributed by atoms with Crippen molar-refractivity contribution in [3.8, 4) is 11.5 Å². The van der Waals surface area contributed by atoms with Crippen LogP contribution in [0.2, 0.25) is 0 Å². The second-order valence-electron chi connectivity index (χ2n) is 6.70. The maximum atomic E-state index is 12.7. The number of anilines is 1. The number of amides is 1. The smallest absolute Gasteiger partial charge is 0.497 e. The number of nitrogens with one attached hydrogen (secondary N) is 2. The lowest BCUT2D eigenvalue weighted by atomic mass is 10.1. The summed E-state index contributed by atoms with van der Waals surface area (Å²) in [7, 11) is -2.78. The lowest BCUT2D eigenvalue weighted by Crippen LogP contribution is -2.25. The van der Waals surface area contributed by atoms with Gasteiger partial charge in [-0.3, -0.25) is 9.52 Å². The van der Waals surface area contributed by atoms with Crippen molar-refractivity contribution in [3.05, 3.63) is 83.9 Å². The minimum Gasteiger partial charge on any atom is -0.497 e. The van der Waals surface area contributed by atoms with E-state index in [1.165, 1.54) is 25.3 Å². The molecule has 0 saturated carbocycles. The molecule has 3 aromatic carbocycles. The molecule has 0 aliphatic rings. The van der Waals surface area contributed by atoms with Gasteiger partial charge >= 0.3 is 6.36 Å². The topological polar surface area (TPSA) is 93.7 Å². The van der Waals surface area contributed by atoms with Crippen LogP contribution in [0.15, 0.2) is 77.7 Å². The van der Waals surface area contributed by atoms with E-state index in [2.05, 4.69) is 14.8 Å². The summed E-state index contributed by atoms with van der Waals surface area (Å²) in [5.74, 6) is -0.566. The third kappa shape index (κ3) is 6.62. The lowest BCUT2D eigenvalue weighted by molar-refractivity contribution is -0.274. The van der Waals surface area contributed by atoms with Gasteiger partial charge in [0.05, 0.1) is 23.3 Å². The molecule has 0 aliphatic heterocycles. The van der Waals surface area contributed by atoms with Crippen LogP contribution in [0.25, 0.3) is 0 Å². The predicted octanol–water partition coefficient (Wildman–Crippen LogP) is 4.32. The van der Waals surface area contributed by atoms with Gasteiger partial charge in [-0.15, -0.1) is 13.2 Å². The van der Waals surface area contributed by atoms with E-state index in [1.54, 1.807) is 30.3 Å². The molecule has 174 valence electrons. The first kappa shape index (κ1) is 23.9. The van der Waals surface area contributed by atoms with Gasteiger partial charge in [-0.2, -0.15) is 0 Å². The molecule has 2 N–H and O–H groups in total. The number of hydrogen-bond acceptors (Lipinski definition) is 5. The van der Waals surface area contributed by atoms with Crippen LogP contribution in [0.3, 0.4) is 0 Å². The van der Waals surface area contributed by atoms with Gasteiger partial charge in [0.25, 0.3) is 15.9 Å². The number of carbonyl (C=O) groups is 1. The number of alkyl halides is 3. The molecule has 3 aromatic rings. The Kier molecular flexibility index (Phi) is 7.12. The third-order valence-corrected chi connectivity index (χ3v) is 5.74. The summed E-state index contributed by atoms with van der Waals surface area (Å²) in [6.45, 7) is 0.181. The summed E-state index contributed by atoms with van der Waals surface area (Å²) in [6.07, 6.45) is -4.97. The van der Waals surface area contributed by atoms with E-state index in [-0.39, 0.29) is 17.8 Å². The molecule has 3 rings (SSSR count). The van der Waals surface area contributed by atoms with Crippen molar-refractivity contribution in [2.45, 2.75) is 17.8 Å². The standard InChI is InChI=1S/C22H19F3N2O5S/c1-31-16-11-9-15(10-12-16)14-26-21(28)19-7-2-3-8-20(19)27-33(29,30)18-6-4-5-17(13-18)32-22(23,24)25/h2-13,27H,14H2,1H3,(H,26,28). The normalized spacial score (nSPS) is 11.5. The number of hydrogen-bond donors (Lipinski definition) is 2. The fourth-order valence-corrected chi connectivity index (χ4v) is 3.95. The molecule has 0 atom stereocenters. The van der Waals surface area contributed by atoms with Crippen LogP contribution >= 0.6 is 0 Å². The first-order valence-corrected chi connectivity index (χ1v) is 10.9. The van der Waals surface area contributed by atoms with Crippen molar-refractivity contribution in [2.24, 2.45) is 0 Å². The molecular formula is C22H19F3N2O5S. The summed E-state index contributed by atoms with van der Waals surface area (Å²) < 4.78 is 73.9. The maximum Gasteiger partial charge on any atom is 0.573 e. The van der Waals surface area contributed by atoms with Gasteiger partial charge in [-0.1, -0.05) is 30.3 Å². The molecule has 11 heteroatoms. The number of carbonyl (C=O) groups excluding carboxylic acids is 1. The highest BCUT2D eigenvalue weighted by Crippen LogP contribution is 2.26. The number of benzene rings is 3. The number of para-hydroxylation sites is 1. The number of halogens is 3. The van der Waals surface area contributed by atoms with Crippen LogP contribution in [-0.4, -0.2) is 27.8 Å². The molecule has 0 spiro atoms. The van der Waals surface area contributed by atoms with E-state index in [0.717, 1.165) is 29.8 Å². The highest BCUT2D eigenvalue weighted by atomic mass is 32.2. The monoisotopic (exact) mass is 480 g/mol. The summed E-state index contributed by atoms with van der Waals surface area (Å²) in [5, 5.41) is 2.69. The average Bonchev–Trinajstić information content (AvgIpc) is 2.77. The van der Waals surface area contributed by atoms with Crippen molar-refractivity contribution < 1.29 is 35.9 Å². The predicted molar refractivity (Wildman–Crippen MR) is 115 cm³/mol. The SMILES string of the molecule is COc1ccc(CNC(=O)c2ccccc2NS(=O)(=O)c2cccc(OC(F)(F)F)c2)cc1. The molecule has 0 aliphatic carbocycles. The van der Waals surface area contributed by atoms with Crippen molar-refractivity contribution >= 4 is 21.6 Å². The van der Waals surface area contributed by atoms with Crippen molar-refractivity contribution in [1.82, 2.24) is 5.32 Å². The highest BCUT2D eigenvalue weighted by Gasteiger charge is 2.31. The van der Waals surface area contributed by atoms with E-state index >= 15 is 0 Å². The van der Waals surface area contributed by atoms with Crippen LogP contribution < -0.4 is 19.5 Å². The molecule has 33 heavy (non-hydrogen) atoms. The number of methoxy groups -OCH3 is 1.